The van der Waals surface area contributed by atoms with Crippen LogP contribution < -0.4 is 5.32 Å². The van der Waals surface area contributed by atoms with Gasteiger partial charge < -0.3 is 15.5 Å². The zero-order valence-electron chi connectivity index (χ0n) is 8.85. The van der Waals surface area contributed by atoms with Gasteiger partial charge in [0.05, 0.1) is 23.8 Å². The summed E-state index contributed by atoms with van der Waals surface area (Å²) < 4.78 is 0. The molecule has 5 nitrogen and oxygen atoms in total. The third-order valence-corrected chi connectivity index (χ3v) is 2.28. The number of aliphatic hydroxyl groups is 1. The Labute approximate surface area is 103 Å². The number of nitrogens with zero attached hydrogens (tertiary/aromatic N) is 1. The van der Waals surface area contributed by atoms with Crippen molar-refractivity contribution < 1.29 is 15.0 Å². The molecule has 0 radical (unpaired) electrons. The van der Waals surface area contributed by atoms with Gasteiger partial charge in [-0.2, -0.15) is 5.26 Å². The fourth-order valence-electron chi connectivity index (χ4n) is 1.26. The van der Waals surface area contributed by atoms with E-state index < -0.39 is 12.1 Å². The van der Waals surface area contributed by atoms with Gasteiger partial charge in [-0.05, 0) is 18.2 Å². The minimum atomic E-state index is -1.08. The van der Waals surface area contributed by atoms with E-state index in [4.69, 9.17) is 22.0 Å². The number of nitriles is 1. The van der Waals surface area contributed by atoms with Crippen LogP contribution in [0.25, 0.3) is 0 Å². The standard InChI is InChI=1S/C11H11ClN2O3/c12-8-2-1-7(5-13)10(3-8)14-6-9(15)4-11(16)17/h1-3,9,14-15H,4,6H2,(H,16,17). The average Bonchev–Trinajstić information content (AvgIpc) is 2.25. The van der Waals surface area contributed by atoms with E-state index in [2.05, 4.69) is 5.32 Å². The van der Waals surface area contributed by atoms with E-state index in [0.29, 0.717) is 16.3 Å². The first-order valence-electron chi connectivity index (χ1n) is 4.86. The van der Waals surface area contributed by atoms with Crippen LogP contribution >= 0.6 is 11.6 Å². The lowest BCUT2D eigenvalue weighted by Crippen LogP contribution is -2.22. The molecule has 1 rings (SSSR count). The van der Waals surface area contributed by atoms with Crippen LogP contribution in [0.5, 0.6) is 0 Å². The summed E-state index contributed by atoms with van der Waals surface area (Å²) in [5.74, 6) is -1.08. The van der Waals surface area contributed by atoms with Crippen molar-refractivity contribution in [1.29, 1.82) is 5.26 Å². The molecule has 0 fully saturated rings. The number of hydrogen-bond acceptors (Lipinski definition) is 4. The van der Waals surface area contributed by atoms with Gasteiger partial charge in [0.15, 0.2) is 0 Å². The Morgan fingerprint density at radius 1 is 1.59 bits per heavy atom. The molecule has 6 heteroatoms. The number of aliphatic hydroxyl groups excluding tert-OH is 1. The van der Waals surface area contributed by atoms with Crippen LogP contribution in [-0.2, 0) is 4.79 Å². The molecule has 1 aromatic rings. The summed E-state index contributed by atoms with van der Waals surface area (Å²) >= 11 is 5.77. The van der Waals surface area contributed by atoms with Gasteiger partial charge in [0.1, 0.15) is 6.07 Å². The van der Waals surface area contributed by atoms with Crippen molar-refractivity contribution in [3.63, 3.8) is 0 Å². The minimum absolute atomic E-state index is 0.0430. The molecule has 1 atom stereocenters. The summed E-state index contributed by atoms with van der Waals surface area (Å²) in [6, 6.07) is 6.65. The molecule has 17 heavy (non-hydrogen) atoms. The second-order valence-corrected chi connectivity index (χ2v) is 3.87. The van der Waals surface area contributed by atoms with Crippen molar-refractivity contribution in [2.45, 2.75) is 12.5 Å². The molecule has 1 aromatic carbocycles. The lowest BCUT2D eigenvalue weighted by atomic mass is 10.2. The van der Waals surface area contributed by atoms with E-state index in [1.54, 1.807) is 18.2 Å². The third-order valence-electron chi connectivity index (χ3n) is 2.04. The number of rotatable bonds is 5. The van der Waals surface area contributed by atoms with Crippen LogP contribution in [0.2, 0.25) is 5.02 Å². The Bertz CT molecular complexity index is 457. The summed E-state index contributed by atoms with van der Waals surface area (Å²) in [4.78, 5) is 10.3. The number of carbonyl (C=O) groups is 1. The van der Waals surface area contributed by atoms with Gasteiger partial charge >= 0.3 is 5.97 Å². The first-order chi connectivity index (χ1) is 8.02. The third kappa shape index (κ3) is 4.31. The Kier molecular flexibility index (Phi) is 4.76. The number of hydrogen-bond donors (Lipinski definition) is 3. The Hall–Kier alpha value is -1.77. The summed E-state index contributed by atoms with van der Waals surface area (Å²) in [6.45, 7) is 0.0430. The summed E-state index contributed by atoms with van der Waals surface area (Å²) in [5, 5.41) is 29.9. The van der Waals surface area contributed by atoms with Crippen LogP contribution in [0, 0.1) is 11.3 Å². The smallest absolute Gasteiger partial charge is 0.306 e. The number of benzene rings is 1. The van der Waals surface area contributed by atoms with Crippen LogP contribution in [0.3, 0.4) is 0 Å². The molecule has 0 aliphatic carbocycles. The van der Waals surface area contributed by atoms with Gasteiger partial charge in [0.25, 0.3) is 0 Å². The maximum atomic E-state index is 10.3. The largest absolute Gasteiger partial charge is 0.481 e. The van der Waals surface area contributed by atoms with Gasteiger partial charge in [-0.25, -0.2) is 0 Å². The van der Waals surface area contributed by atoms with Crippen molar-refractivity contribution >= 4 is 23.3 Å². The zero-order chi connectivity index (χ0) is 12.8. The number of halogens is 1. The van der Waals surface area contributed by atoms with E-state index in [9.17, 15) is 9.90 Å². The second kappa shape index (κ2) is 6.09. The Morgan fingerprint density at radius 3 is 2.88 bits per heavy atom. The van der Waals surface area contributed by atoms with Crippen molar-refractivity contribution in [3.8, 4) is 6.07 Å². The Balaban J connectivity index is 2.66. The lowest BCUT2D eigenvalue weighted by molar-refractivity contribution is -0.138. The molecule has 0 aliphatic rings. The van der Waals surface area contributed by atoms with E-state index in [1.807, 2.05) is 6.07 Å². The number of aliphatic carboxylic acids is 1. The predicted molar refractivity (Wildman–Crippen MR) is 62.9 cm³/mol. The first-order valence-corrected chi connectivity index (χ1v) is 5.24. The first kappa shape index (κ1) is 13.3. The van der Waals surface area contributed by atoms with E-state index in [1.165, 1.54) is 0 Å². The highest BCUT2D eigenvalue weighted by Crippen LogP contribution is 2.20. The van der Waals surface area contributed by atoms with E-state index >= 15 is 0 Å². The highest BCUT2D eigenvalue weighted by Gasteiger charge is 2.10. The number of carboxylic acid groups (broad SMARTS) is 1. The number of carboxylic acids is 1. The predicted octanol–water partition coefficient (Wildman–Crippen LogP) is 1.46. The highest BCUT2D eigenvalue weighted by molar-refractivity contribution is 6.30. The summed E-state index contributed by atoms with van der Waals surface area (Å²) in [6.07, 6.45) is -1.37. The molecule has 0 saturated carbocycles. The molecule has 1 unspecified atom stereocenters. The fourth-order valence-corrected chi connectivity index (χ4v) is 1.43. The molecule has 3 N–H and O–H groups in total. The maximum absolute atomic E-state index is 10.3. The molecule has 0 aromatic heterocycles. The van der Waals surface area contributed by atoms with Gasteiger partial charge in [-0.3, -0.25) is 4.79 Å². The molecule has 0 bridgehead atoms. The molecule has 0 spiro atoms. The van der Waals surface area contributed by atoms with Crippen molar-refractivity contribution in [1.82, 2.24) is 0 Å². The minimum Gasteiger partial charge on any atom is -0.481 e. The van der Waals surface area contributed by atoms with Crippen molar-refractivity contribution in [2.24, 2.45) is 0 Å². The van der Waals surface area contributed by atoms with Crippen LogP contribution in [-0.4, -0.2) is 28.8 Å². The summed E-state index contributed by atoms with van der Waals surface area (Å²) in [7, 11) is 0. The monoisotopic (exact) mass is 254 g/mol. The summed E-state index contributed by atoms with van der Waals surface area (Å²) in [5.41, 5.74) is 0.862. The fraction of sp³-hybridized carbons (Fsp3) is 0.273. The number of nitrogens with one attached hydrogen (secondary N) is 1. The number of anilines is 1. The lowest BCUT2D eigenvalue weighted by Gasteiger charge is -2.12. The normalized spacial score (nSPS) is 11.6. The molecule has 0 amide bonds. The highest BCUT2D eigenvalue weighted by atomic mass is 35.5. The van der Waals surface area contributed by atoms with Crippen LogP contribution in [0.4, 0.5) is 5.69 Å². The van der Waals surface area contributed by atoms with E-state index in [-0.39, 0.29) is 13.0 Å². The van der Waals surface area contributed by atoms with Gasteiger partial charge in [0.2, 0.25) is 0 Å². The SMILES string of the molecule is N#Cc1ccc(Cl)cc1NCC(O)CC(=O)O. The van der Waals surface area contributed by atoms with Gasteiger partial charge in [0, 0.05) is 11.6 Å². The molecular weight excluding hydrogens is 244 g/mol. The topological polar surface area (TPSA) is 93.4 Å². The van der Waals surface area contributed by atoms with E-state index in [0.717, 1.165) is 0 Å². The van der Waals surface area contributed by atoms with Crippen LogP contribution in [0.15, 0.2) is 18.2 Å². The average molecular weight is 255 g/mol. The molecule has 0 heterocycles. The van der Waals surface area contributed by atoms with Crippen molar-refractivity contribution in [2.75, 3.05) is 11.9 Å². The molecule has 0 aliphatic heterocycles. The second-order valence-electron chi connectivity index (χ2n) is 3.43. The Morgan fingerprint density at radius 2 is 2.29 bits per heavy atom. The maximum Gasteiger partial charge on any atom is 0.306 e. The zero-order valence-corrected chi connectivity index (χ0v) is 9.61. The van der Waals surface area contributed by atoms with Crippen molar-refractivity contribution in [3.05, 3.63) is 28.8 Å². The van der Waals surface area contributed by atoms with Crippen LogP contribution in [0.1, 0.15) is 12.0 Å². The molecule has 90 valence electrons. The molecule has 0 saturated heterocycles. The van der Waals surface area contributed by atoms with Gasteiger partial charge in [-0.15, -0.1) is 0 Å². The molecular formula is C11H11ClN2O3. The quantitative estimate of drug-likeness (QED) is 0.740. The van der Waals surface area contributed by atoms with Gasteiger partial charge in [-0.1, -0.05) is 11.6 Å².